The highest BCUT2D eigenvalue weighted by atomic mass is 32.2. The van der Waals surface area contributed by atoms with Crippen LogP contribution >= 0.6 is 23.1 Å². The summed E-state index contributed by atoms with van der Waals surface area (Å²) in [6.45, 7) is 5.55. The second kappa shape index (κ2) is 9.94. The van der Waals surface area contributed by atoms with E-state index in [2.05, 4.69) is 22.1 Å². The minimum absolute atomic E-state index is 0.0758. The van der Waals surface area contributed by atoms with Crippen LogP contribution in [-0.4, -0.2) is 53.1 Å². The first-order valence-corrected chi connectivity index (χ1v) is 12.5. The fourth-order valence-corrected chi connectivity index (χ4v) is 5.71. The van der Waals surface area contributed by atoms with Crippen LogP contribution in [0.25, 0.3) is 0 Å². The molecule has 30 heavy (non-hydrogen) atoms. The maximum absolute atomic E-state index is 12.5. The van der Waals surface area contributed by atoms with E-state index >= 15 is 0 Å². The molecule has 8 heteroatoms. The number of hydrogen-bond donors (Lipinski definition) is 1. The number of carbonyl (C=O) groups excluding carboxylic acids is 2. The van der Waals surface area contributed by atoms with Gasteiger partial charge in [-0.25, -0.2) is 4.98 Å². The van der Waals surface area contributed by atoms with E-state index in [1.165, 1.54) is 37.1 Å². The van der Waals surface area contributed by atoms with Gasteiger partial charge in [0.2, 0.25) is 5.91 Å². The number of para-hydroxylation sites is 1. The highest BCUT2D eigenvalue weighted by Crippen LogP contribution is 2.36. The van der Waals surface area contributed by atoms with Gasteiger partial charge in [-0.3, -0.25) is 9.59 Å². The van der Waals surface area contributed by atoms with Gasteiger partial charge in [0.1, 0.15) is 10.7 Å². The minimum atomic E-state index is -0.134. The molecule has 0 spiro atoms. The molecule has 2 aliphatic heterocycles. The molecular formula is C22H28N4O2S2. The van der Waals surface area contributed by atoms with Crippen LogP contribution in [-0.2, 0) is 11.3 Å². The summed E-state index contributed by atoms with van der Waals surface area (Å²) >= 11 is 3.00. The quantitative estimate of drug-likeness (QED) is 0.659. The number of amides is 2. The fourth-order valence-electron chi connectivity index (χ4n) is 4.01. The molecule has 160 valence electrons. The Morgan fingerprint density at radius 3 is 3.03 bits per heavy atom. The van der Waals surface area contributed by atoms with E-state index in [-0.39, 0.29) is 11.8 Å². The van der Waals surface area contributed by atoms with Gasteiger partial charge < -0.3 is 15.1 Å². The number of nitrogens with zero attached hydrogens (tertiary/aromatic N) is 3. The number of anilines is 1. The number of thioether (sulfide) groups is 1. The number of nitrogens with one attached hydrogen (secondary N) is 1. The van der Waals surface area contributed by atoms with Gasteiger partial charge in [0.05, 0.1) is 18.0 Å². The van der Waals surface area contributed by atoms with Crippen LogP contribution in [0.2, 0.25) is 0 Å². The average molecular weight is 445 g/mol. The van der Waals surface area contributed by atoms with Crippen LogP contribution in [0.1, 0.15) is 48.1 Å². The average Bonchev–Trinajstić information content (AvgIpc) is 3.23. The van der Waals surface area contributed by atoms with Crippen LogP contribution in [0.5, 0.6) is 0 Å². The van der Waals surface area contributed by atoms with E-state index in [1.807, 2.05) is 24.3 Å². The number of benzene rings is 1. The summed E-state index contributed by atoms with van der Waals surface area (Å²) in [6, 6.07) is 8.57. The van der Waals surface area contributed by atoms with Gasteiger partial charge in [0, 0.05) is 29.4 Å². The Morgan fingerprint density at radius 1 is 1.30 bits per heavy atom. The van der Waals surface area contributed by atoms with Crippen LogP contribution in [0.15, 0.2) is 34.5 Å². The maximum Gasteiger partial charge on any atom is 0.270 e. The van der Waals surface area contributed by atoms with Gasteiger partial charge in [-0.05, 0) is 44.9 Å². The third-order valence-corrected chi connectivity index (χ3v) is 7.62. The molecule has 1 fully saturated rings. The normalized spacial score (nSPS) is 19.6. The van der Waals surface area contributed by atoms with E-state index in [0.717, 1.165) is 28.6 Å². The molecule has 4 rings (SSSR count). The van der Waals surface area contributed by atoms with Crippen molar-refractivity contribution in [3.8, 4) is 0 Å². The van der Waals surface area contributed by atoms with Crippen molar-refractivity contribution in [3.05, 3.63) is 40.3 Å². The summed E-state index contributed by atoms with van der Waals surface area (Å²) in [5.74, 6) is 0.378. The Kier molecular flexibility index (Phi) is 7.07. The number of carbonyl (C=O) groups is 2. The van der Waals surface area contributed by atoms with E-state index < -0.39 is 0 Å². The molecule has 3 heterocycles. The van der Waals surface area contributed by atoms with Crippen molar-refractivity contribution in [1.82, 2.24) is 15.2 Å². The molecule has 1 atom stereocenters. The monoisotopic (exact) mass is 444 g/mol. The highest BCUT2D eigenvalue weighted by molar-refractivity contribution is 8.00. The zero-order chi connectivity index (χ0) is 20.9. The summed E-state index contributed by atoms with van der Waals surface area (Å²) in [6.07, 6.45) is 4.83. The lowest BCUT2D eigenvalue weighted by molar-refractivity contribution is -0.116. The van der Waals surface area contributed by atoms with Crippen molar-refractivity contribution in [3.63, 3.8) is 0 Å². The molecule has 1 N–H and O–H groups in total. The summed E-state index contributed by atoms with van der Waals surface area (Å²) in [5, 5.41) is 5.55. The molecule has 2 aromatic rings. The molecule has 0 radical (unpaired) electrons. The summed E-state index contributed by atoms with van der Waals surface area (Å²) < 4.78 is 0. The lowest BCUT2D eigenvalue weighted by Crippen LogP contribution is -2.39. The first-order valence-electron chi connectivity index (χ1n) is 10.6. The van der Waals surface area contributed by atoms with Crippen molar-refractivity contribution in [2.45, 2.75) is 50.1 Å². The van der Waals surface area contributed by atoms with Gasteiger partial charge >= 0.3 is 0 Å². The Hall–Kier alpha value is -1.90. The molecule has 0 bridgehead atoms. The van der Waals surface area contributed by atoms with E-state index in [0.29, 0.717) is 30.6 Å². The number of likely N-dealkylation sites (tertiary alicyclic amines) is 1. The molecule has 1 saturated heterocycles. The Labute approximate surface area is 186 Å². The van der Waals surface area contributed by atoms with Gasteiger partial charge in [0.25, 0.3) is 5.91 Å². The molecule has 0 saturated carbocycles. The molecule has 6 nitrogen and oxygen atoms in total. The largest absolute Gasteiger partial charge is 0.351 e. The lowest BCUT2D eigenvalue weighted by Gasteiger charge is -2.33. The van der Waals surface area contributed by atoms with Crippen LogP contribution in [0, 0.1) is 0 Å². The predicted molar refractivity (Wildman–Crippen MR) is 122 cm³/mol. The molecular weight excluding hydrogens is 416 g/mol. The first-order chi connectivity index (χ1) is 14.6. The number of rotatable bonds is 7. The van der Waals surface area contributed by atoms with Crippen molar-refractivity contribution >= 4 is 40.6 Å². The van der Waals surface area contributed by atoms with Gasteiger partial charge in [-0.15, -0.1) is 23.1 Å². The Morgan fingerprint density at radius 2 is 2.17 bits per heavy atom. The number of hydrogen-bond acceptors (Lipinski definition) is 6. The molecule has 0 aliphatic carbocycles. The third-order valence-electron chi connectivity index (χ3n) is 5.73. The van der Waals surface area contributed by atoms with Gasteiger partial charge in [-0.2, -0.15) is 0 Å². The topological polar surface area (TPSA) is 65.5 Å². The SMILES string of the molecule is CC1CCCCN1CCCNC(=O)c1csc(CN2C(=O)CSc3ccccc32)n1. The maximum atomic E-state index is 12.5. The molecule has 1 aromatic heterocycles. The molecule has 2 amide bonds. The number of aromatic nitrogens is 1. The minimum Gasteiger partial charge on any atom is -0.351 e. The Bertz CT molecular complexity index is 901. The standard InChI is InChI=1S/C22H28N4O2S2/c1-16-7-4-5-11-25(16)12-6-10-23-22(28)17-14-30-20(24-17)13-26-18-8-2-3-9-19(18)29-15-21(26)27/h2-3,8-9,14,16H,4-7,10-13,15H2,1H3,(H,23,28). The summed E-state index contributed by atoms with van der Waals surface area (Å²) in [7, 11) is 0. The van der Waals surface area contributed by atoms with Crippen LogP contribution < -0.4 is 10.2 Å². The van der Waals surface area contributed by atoms with E-state index in [1.54, 1.807) is 22.0 Å². The van der Waals surface area contributed by atoms with Crippen molar-refractivity contribution < 1.29 is 9.59 Å². The van der Waals surface area contributed by atoms with E-state index in [9.17, 15) is 9.59 Å². The second-order valence-corrected chi connectivity index (χ2v) is 9.81. The molecule has 1 unspecified atom stereocenters. The van der Waals surface area contributed by atoms with Crippen LogP contribution in [0.4, 0.5) is 5.69 Å². The van der Waals surface area contributed by atoms with E-state index in [4.69, 9.17) is 0 Å². The van der Waals surface area contributed by atoms with Gasteiger partial charge in [0.15, 0.2) is 0 Å². The van der Waals surface area contributed by atoms with Crippen molar-refractivity contribution in [1.29, 1.82) is 0 Å². The van der Waals surface area contributed by atoms with Crippen molar-refractivity contribution in [2.24, 2.45) is 0 Å². The smallest absolute Gasteiger partial charge is 0.270 e. The summed E-state index contributed by atoms with van der Waals surface area (Å²) in [5.41, 5.74) is 1.36. The Balaban J connectivity index is 1.28. The molecule has 2 aliphatic rings. The predicted octanol–water partition coefficient (Wildman–Crippen LogP) is 3.78. The third kappa shape index (κ3) is 5.04. The second-order valence-electron chi connectivity index (χ2n) is 7.85. The number of fused-ring (bicyclic) bond motifs is 1. The van der Waals surface area contributed by atoms with Crippen LogP contribution in [0.3, 0.4) is 0 Å². The van der Waals surface area contributed by atoms with Crippen molar-refractivity contribution in [2.75, 3.05) is 30.3 Å². The lowest BCUT2D eigenvalue weighted by atomic mass is 10.0. The number of piperidine rings is 1. The zero-order valence-electron chi connectivity index (χ0n) is 17.3. The van der Waals surface area contributed by atoms with Gasteiger partial charge in [-0.1, -0.05) is 18.6 Å². The first kappa shape index (κ1) is 21.3. The number of thiazole rings is 1. The molecule has 1 aromatic carbocycles. The summed E-state index contributed by atoms with van der Waals surface area (Å²) in [4.78, 5) is 34.8. The zero-order valence-corrected chi connectivity index (χ0v) is 18.9. The fraction of sp³-hybridized carbons (Fsp3) is 0.500. The highest BCUT2D eigenvalue weighted by Gasteiger charge is 2.25.